The summed E-state index contributed by atoms with van der Waals surface area (Å²) in [5.74, 6) is -3.19. The molecule has 1 aromatic rings. The maximum atomic E-state index is 14.1. The van der Waals surface area contributed by atoms with Crippen LogP contribution in [0, 0.1) is 11.6 Å². The second-order valence-electron chi connectivity index (χ2n) is 5.53. The summed E-state index contributed by atoms with van der Waals surface area (Å²) in [6.07, 6.45) is 0. The molecule has 0 unspecified atom stereocenters. The van der Waals surface area contributed by atoms with Crippen LogP contribution in [0.4, 0.5) is 8.78 Å². The van der Waals surface area contributed by atoms with Crippen LogP contribution in [0.1, 0.15) is 10.4 Å². The normalized spacial score (nSPS) is 21.6. The van der Waals surface area contributed by atoms with E-state index in [-0.39, 0.29) is 18.2 Å². The molecular formula is C15H17F2N3O3. The molecule has 0 aliphatic carbocycles. The SMILES string of the molecule is COc1ccc(F)c(F)c1C(=O)N1CCN2CCNC(=O)[C@H]2C1. The fraction of sp³-hybridized carbons (Fsp3) is 0.467. The van der Waals surface area contributed by atoms with Crippen LogP contribution in [0.15, 0.2) is 12.1 Å². The number of methoxy groups -OCH3 is 1. The number of hydrogen-bond donors (Lipinski definition) is 1. The predicted molar refractivity (Wildman–Crippen MR) is 77.2 cm³/mol. The summed E-state index contributed by atoms with van der Waals surface area (Å²) >= 11 is 0. The number of halogens is 2. The molecule has 3 rings (SSSR count). The van der Waals surface area contributed by atoms with Gasteiger partial charge in [-0.1, -0.05) is 0 Å². The van der Waals surface area contributed by atoms with E-state index in [1.54, 1.807) is 0 Å². The van der Waals surface area contributed by atoms with Crippen molar-refractivity contribution in [3.05, 3.63) is 29.3 Å². The third-order valence-electron chi connectivity index (χ3n) is 4.27. The number of amides is 2. The quantitative estimate of drug-likeness (QED) is 0.846. The highest BCUT2D eigenvalue weighted by Gasteiger charge is 2.37. The van der Waals surface area contributed by atoms with E-state index < -0.39 is 29.1 Å². The van der Waals surface area contributed by atoms with Gasteiger partial charge in [-0.25, -0.2) is 8.78 Å². The molecule has 6 nitrogen and oxygen atoms in total. The summed E-state index contributed by atoms with van der Waals surface area (Å²) in [6, 6.07) is 1.68. The van der Waals surface area contributed by atoms with E-state index in [1.165, 1.54) is 18.1 Å². The highest BCUT2D eigenvalue weighted by Crippen LogP contribution is 2.26. The van der Waals surface area contributed by atoms with E-state index >= 15 is 0 Å². The Balaban J connectivity index is 1.87. The van der Waals surface area contributed by atoms with Gasteiger partial charge in [0, 0.05) is 32.7 Å². The van der Waals surface area contributed by atoms with Gasteiger partial charge in [0.05, 0.1) is 7.11 Å². The van der Waals surface area contributed by atoms with Gasteiger partial charge in [0.25, 0.3) is 5.91 Å². The van der Waals surface area contributed by atoms with Crippen LogP contribution in [-0.2, 0) is 4.79 Å². The molecule has 23 heavy (non-hydrogen) atoms. The van der Waals surface area contributed by atoms with Crippen molar-refractivity contribution in [2.45, 2.75) is 6.04 Å². The monoisotopic (exact) mass is 325 g/mol. The Bertz CT molecular complexity index is 653. The van der Waals surface area contributed by atoms with Gasteiger partial charge in [0.1, 0.15) is 17.4 Å². The molecule has 1 atom stereocenters. The smallest absolute Gasteiger partial charge is 0.260 e. The van der Waals surface area contributed by atoms with Crippen LogP contribution < -0.4 is 10.1 Å². The summed E-state index contributed by atoms with van der Waals surface area (Å²) in [5, 5.41) is 2.75. The molecule has 0 saturated carbocycles. The van der Waals surface area contributed by atoms with Crippen molar-refractivity contribution >= 4 is 11.8 Å². The lowest BCUT2D eigenvalue weighted by Crippen LogP contribution is -2.64. The Hall–Kier alpha value is -2.22. The highest BCUT2D eigenvalue weighted by molar-refractivity contribution is 5.98. The predicted octanol–water partition coefficient (Wildman–Crippen LogP) is 0.230. The number of hydrogen-bond acceptors (Lipinski definition) is 4. The number of carbonyl (C=O) groups is 2. The molecule has 8 heteroatoms. The molecule has 2 aliphatic heterocycles. The van der Waals surface area contributed by atoms with Gasteiger partial charge in [0.2, 0.25) is 5.91 Å². The second-order valence-corrected chi connectivity index (χ2v) is 5.53. The lowest BCUT2D eigenvalue weighted by molar-refractivity contribution is -0.131. The first-order valence-corrected chi connectivity index (χ1v) is 7.36. The molecule has 0 bridgehead atoms. The summed E-state index contributed by atoms with van der Waals surface area (Å²) in [7, 11) is 1.29. The highest BCUT2D eigenvalue weighted by atomic mass is 19.2. The maximum absolute atomic E-state index is 14.1. The van der Waals surface area contributed by atoms with Gasteiger partial charge in [0.15, 0.2) is 11.6 Å². The van der Waals surface area contributed by atoms with E-state index in [0.717, 1.165) is 12.6 Å². The topological polar surface area (TPSA) is 61.9 Å². The Kier molecular flexibility index (Phi) is 4.16. The fourth-order valence-electron chi connectivity index (χ4n) is 3.02. The minimum absolute atomic E-state index is 0.0237. The third kappa shape index (κ3) is 2.74. The van der Waals surface area contributed by atoms with E-state index in [2.05, 4.69) is 5.32 Å². The van der Waals surface area contributed by atoms with Crippen molar-refractivity contribution in [3.8, 4) is 5.75 Å². The minimum atomic E-state index is -1.23. The standard InChI is InChI=1S/C15H17F2N3O3/c1-23-11-3-2-9(16)13(17)12(11)15(22)20-7-6-19-5-4-18-14(21)10(19)8-20/h2-3,10H,4-8H2,1H3,(H,18,21)/t10-/m1/s1. The summed E-state index contributed by atoms with van der Waals surface area (Å²) < 4.78 is 32.5. The second kappa shape index (κ2) is 6.11. The Labute approximate surface area is 132 Å². The van der Waals surface area contributed by atoms with Crippen molar-refractivity contribution in [2.75, 3.05) is 39.8 Å². The van der Waals surface area contributed by atoms with E-state index in [1.807, 2.05) is 4.90 Å². The van der Waals surface area contributed by atoms with Crippen molar-refractivity contribution in [3.63, 3.8) is 0 Å². The Morgan fingerprint density at radius 3 is 2.83 bits per heavy atom. The molecule has 0 aromatic heterocycles. The first kappa shape index (κ1) is 15.7. The van der Waals surface area contributed by atoms with Crippen molar-refractivity contribution in [1.29, 1.82) is 0 Å². The summed E-state index contributed by atoms with van der Waals surface area (Å²) in [5.41, 5.74) is -0.433. The average Bonchev–Trinajstić information content (AvgIpc) is 2.56. The van der Waals surface area contributed by atoms with Crippen molar-refractivity contribution in [1.82, 2.24) is 15.1 Å². The van der Waals surface area contributed by atoms with E-state index in [4.69, 9.17) is 4.74 Å². The number of nitrogens with one attached hydrogen (secondary N) is 1. The molecule has 1 N–H and O–H groups in total. The summed E-state index contributed by atoms with van der Waals surface area (Å²) in [6.45, 7) is 2.31. The molecule has 2 saturated heterocycles. The van der Waals surface area contributed by atoms with Gasteiger partial charge < -0.3 is 15.0 Å². The van der Waals surface area contributed by atoms with Gasteiger partial charge >= 0.3 is 0 Å². The first-order chi connectivity index (χ1) is 11.0. The van der Waals surface area contributed by atoms with Gasteiger partial charge in [-0.15, -0.1) is 0 Å². The van der Waals surface area contributed by atoms with E-state index in [0.29, 0.717) is 19.6 Å². The number of carbonyl (C=O) groups excluding carboxylic acids is 2. The molecule has 1 aromatic carbocycles. The van der Waals surface area contributed by atoms with Crippen molar-refractivity contribution in [2.24, 2.45) is 0 Å². The largest absolute Gasteiger partial charge is 0.496 e. The zero-order valence-electron chi connectivity index (χ0n) is 12.6. The number of ether oxygens (including phenoxy) is 1. The molecule has 124 valence electrons. The maximum Gasteiger partial charge on any atom is 0.260 e. The average molecular weight is 325 g/mol. The molecule has 0 spiro atoms. The summed E-state index contributed by atoms with van der Waals surface area (Å²) in [4.78, 5) is 27.9. The Morgan fingerprint density at radius 1 is 1.30 bits per heavy atom. The number of nitrogens with zero attached hydrogens (tertiary/aromatic N) is 2. The fourth-order valence-corrected chi connectivity index (χ4v) is 3.02. The molecule has 2 fully saturated rings. The number of piperazine rings is 2. The van der Waals surface area contributed by atoms with Gasteiger partial charge in [-0.3, -0.25) is 14.5 Å². The zero-order valence-corrected chi connectivity index (χ0v) is 12.6. The molecule has 2 aliphatic rings. The lowest BCUT2D eigenvalue weighted by atomic mass is 10.1. The Morgan fingerprint density at radius 2 is 2.09 bits per heavy atom. The van der Waals surface area contributed by atoms with Crippen molar-refractivity contribution < 1.29 is 23.1 Å². The van der Waals surface area contributed by atoms with Gasteiger partial charge in [-0.2, -0.15) is 0 Å². The molecular weight excluding hydrogens is 308 g/mol. The van der Waals surface area contributed by atoms with Crippen LogP contribution >= 0.6 is 0 Å². The van der Waals surface area contributed by atoms with Crippen LogP contribution in [-0.4, -0.2) is 67.5 Å². The molecule has 2 amide bonds. The number of rotatable bonds is 2. The van der Waals surface area contributed by atoms with Crippen LogP contribution in [0.3, 0.4) is 0 Å². The first-order valence-electron chi connectivity index (χ1n) is 7.36. The van der Waals surface area contributed by atoms with Gasteiger partial charge in [-0.05, 0) is 12.1 Å². The van der Waals surface area contributed by atoms with Crippen LogP contribution in [0.25, 0.3) is 0 Å². The third-order valence-corrected chi connectivity index (χ3v) is 4.27. The molecule has 2 heterocycles. The molecule has 0 radical (unpaired) electrons. The zero-order chi connectivity index (χ0) is 16.6. The lowest BCUT2D eigenvalue weighted by Gasteiger charge is -2.43. The van der Waals surface area contributed by atoms with E-state index in [9.17, 15) is 18.4 Å². The van der Waals surface area contributed by atoms with Crippen LogP contribution in [0.5, 0.6) is 5.75 Å². The number of benzene rings is 1. The number of fused-ring (bicyclic) bond motifs is 1. The van der Waals surface area contributed by atoms with Crippen LogP contribution in [0.2, 0.25) is 0 Å². The minimum Gasteiger partial charge on any atom is -0.496 e.